The number of carbonyl (C=O) groups excluding carboxylic acids is 1. The minimum Gasteiger partial charge on any atom is -0.493 e. The van der Waals surface area contributed by atoms with Gasteiger partial charge in [0.05, 0.1) is 19.9 Å². The van der Waals surface area contributed by atoms with Crippen molar-refractivity contribution < 1.29 is 18.7 Å². The average molecular weight is 525 g/mol. The van der Waals surface area contributed by atoms with Gasteiger partial charge in [-0.3, -0.25) is 9.69 Å². The van der Waals surface area contributed by atoms with Crippen molar-refractivity contribution in [2.45, 2.75) is 6.54 Å². The lowest BCUT2D eigenvalue weighted by Gasteiger charge is -2.34. The molecular formula is C25H25FN6O4S. The Morgan fingerprint density at radius 1 is 1.05 bits per heavy atom. The summed E-state index contributed by atoms with van der Waals surface area (Å²) in [6.45, 7) is 2.81. The fraction of sp³-hybridized carbons (Fsp3) is 0.280. The number of amides is 2. The Morgan fingerprint density at radius 3 is 2.57 bits per heavy atom. The molecule has 0 aliphatic carbocycles. The van der Waals surface area contributed by atoms with Gasteiger partial charge in [0.15, 0.2) is 11.5 Å². The van der Waals surface area contributed by atoms with E-state index >= 15 is 0 Å². The van der Waals surface area contributed by atoms with Gasteiger partial charge in [-0.1, -0.05) is 23.5 Å². The second-order valence-corrected chi connectivity index (χ2v) is 9.42. The average Bonchev–Trinajstić information content (AvgIpc) is 3.34. The van der Waals surface area contributed by atoms with E-state index in [2.05, 4.69) is 20.3 Å². The van der Waals surface area contributed by atoms with Gasteiger partial charge in [0.2, 0.25) is 4.96 Å². The molecule has 12 heteroatoms. The van der Waals surface area contributed by atoms with E-state index in [0.29, 0.717) is 71.1 Å². The van der Waals surface area contributed by atoms with Gasteiger partial charge in [-0.05, 0) is 24.3 Å². The van der Waals surface area contributed by atoms with Crippen LogP contribution in [0.5, 0.6) is 11.5 Å². The van der Waals surface area contributed by atoms with Crippen LogP contribution in [0.15, 0.2) is 53.3 Å². The molecule has 0 bridgehead atoms. The quantitative estimate of drug-likeness (QED) is 0.413. The van der Waals surface area contributed by atoms with Crippen LogP contribution < -0.4 is 20.3 Å². The summed E-state index contributed by atoms with van der Waals surface area (Å²) in [4.78, 5) is 34.4. The summed E-state index contributed by atoms with van der Waals surface area (Å²) in [5, 5.41) is 7.73. The molecule has 37 heavy (non-hydrogen) atoms. The zero-order chi connectivity index (χ0) is 25.9. The molecular weight excluding hydrogens is 499 g/mol. The van der Waals surface area contributed by atoms with Crippen LogP contribution in [0.1, 0.15) is 5.69 Å². The minimum atomic E-state index is -0.366. The summed E-state index contributed by atoms with van der Waals surface area (Å²) in [5.74, 6) is 0.757. The smallest absolute Gasteiger partial charge is 0.321 e. The van der Waals surface area contributed by atoms with E-state index in [1.54, 1.807) is 49.5 Å². The van der Waals surface area contributed by atoms with Crippen LogP contribution in [0.4, 0.5) is 14.9 Å². The number of hydrogen-bond donors (Lipinski definition) is 1. The van der Waals surface area contributed by atoms with E-state index in [4.69, 9.17) is 9.47 Å². The molecule has 2 aromatic carbocycles. The van der Waals surface area contributed by atoms with Crippen LogP contribution in [0, 0.1) is 5.82 Å². The number of halogens is 1. The fourth-order valence-corrected chi connectivity index (χ4v) is 5.05. The van der Waals surface area contributed by atoms with Crippen LogP contribution in [-0.4, -0.2) is 70.8 Å². The summed E-state index contributed by atoms with van der Waals surface area (Å²) < 4.78 is 25.4. The predicted octanol–water partition coefficient (Wildman–Crippen LogP) is 3.32. The molecule has 0 saturated carbocycles. The van der Waals surface area contributed by atoms with Gasteiger partial charge < -0.3 is 19.7 Å². The minimum absolute atomic E-state index is 0.195. The number of nitrogens with zero attached hydrogens (tertiary/aromatic N) is 5. The normalized spacial score (nSPS) is 14.1. The van der Waals surface area contributed by atoms with Gasteiger partial charge in [0.25, 0.3) is 5.56 Å². The highest BCUT2D eigenvalue weighted by Gasteiger charge is 2.22. The summed E-state index contributed by atoms with van der Waals surface area (Å²) in [5.41, 5.74) is 1.55. The van der Waals surface area contributed by atoms with E-state index < -0.39 is 0 Å². The second kappa shape index (κ2) is 10.5. The largest absolute Gasteiger partial charge is 0.493 e. The van der Waals surface area contributed by atoms with Gasteiger partial charge in [-0.15, -0.1) is 0 Å². The molecule has 0 atom stereocenters. The summed E-state index contributed by atoms with van der Waals surface area (Å²) >= 11 is 1.24. The summed E-state index contributed by atoms with van der Waals surface area (Å²) in [7, 11) is 3.10. The first-order valence-corrected chi connectivity index (χ1v) is 12.4. The van der Waals surface area contributed by atoms with Crippen LogP contribution in [-0.2, 0) is 6.54 Å². The van der Waals surface area contributed by atoms with Crippen LogP contribution in [0.25, 0.3) is 15.5 Å². The van der Waals surface area contributed by atoms with Gasteiger partial charge in [-0.2, -0.15) is 9.61 Å². The third kappa shape index (κ3) is 5.39. The Labute approximate surface area is 215 Å². The highest BCUT2D eigenvalue weighted by molar-refractivity contribution is 7.19. The first-order chi connectivity index (χ1) is 17.9. The van der Waals surface area contributed by atoms with Crippen LogP contribution in [0.2, 0.25) is 0 Å². The number of hydrogen-bond acceptors (Lipinski definition) is 8. The van der Waals surface area contributed by atoms with Crippen LogP contribution >= 0.6 is 11.3 Å². The maximum Gasteiger partial charge on any atom is 0.321 e. The molecule has 2 amide bonds. The number of carbonyl (C=O) groups is 1. The molecule has 1 fully saturated rings. The van der Waals surface area contributed by atoms with Crippen molar-refractivity contribution in [1.82, 2.24) is 24.4 Å². The van der Waals surface area contributed by atoms with Crippen molar-refractivity contribution in [3.63, 3.8) is 0 Å². The third-order valence-corrected chi connectivity index (χ3v) is 7.01. The summed E-state index contributed by atoms with van der Waals surface area (Å²) in [6.07, 6.45) is 0. The molecule has 1 N–H and O–H groups in total. The molecule has 1 saturated heterocycles. The first kappa shape index (κ1) is 24.7. The van der Waals surface area contributed by atoms with Crippen molar-refractivity contribution >= 4 is 28.0 Å². The highest BCUT2D eigenvalue weighted by atomic mass is 32.1. The molecule has 2 aromatic heterocycles. The molecule has 192 valence electrons. The Balaban J connectivity index is 1.21. The number of fused-ring (bicyclic) bond motifs is 1. The molecule has 0 unspecified atom stereocenters. The molecule has 0 spiro atoms. The van der Waals surface area contributed by atoms with Crippen molar-refractivity contribution in [3.8, 4) is 22.1 Å². The number of ether oxygens (including phenoxy) is 2. The lowest BCUT2D eigenvalue weighted by molar-refractivity contribution is 0.142. The Hall–Kier alpha value is -4.03. The summed E-state index contributed by atoms with van der Waals surface area (Å²) in [6, 6.07) is 12.6. The Kier molecular flexibility index (Phi) is 7.01. The molecule has 5 rings (SSSR count). The number of rotatable bonds is 6. The molecule has 4 aromatic rings. The van der Waals surface area contributed by atoms with Crippen molar-refractivity contribution in [3.05, 3.63) is 70.4 Å². The van der Waals surface area contributed by atoms with Gasteiger partial charge in [0.1, 0.15) is 10.8 Å². The van der Waals surface area contributed by atoms with Crippen molar-refractivity contribution in [2.75, 3.05) is 45.7 Å². The molecule has 3 heterocycles. The SMILES string of the molecule is COc1ccc(NC(=O)N2CCN(Cc3cc(=O)n4nc(-c5cccc(F)c5)sc4n3)CC2)cc1OC. The maximum absolute atomic E-state index is 13.6. The second-order valence-electron chi connectivity index (χ2n) is 8.46. The molecule has 10 nitrogen and oxygen atoms in total. The van der Waals surface area contributed by atoms with Gasteiger partial charge in [0, 0.05) is 56.1 Å². The highest BCUT2D eigenvalue weighted by Crippen LogP contribution is 2.30. The zero-order valence-electron chi connectivity index (χ0n) is 20.3. The molecule has 1 aliphatic heterocycles. The van der Waals surface area contributed by atoms with Crippen LogP contribution in [0.3, 0.4) is 0 Å². The monoisotopic (exact) mass is 524 g/mol. The number of nitrogens with one attached hydrogen (secondary N) is 1. The number of aromatic nitrogens is 3. The Morgan fingerprint density at radius 2 is 1.84 bits per heavy atom. The lowest BCUT2D eigenvalue weighted by Crippen LogP contribution is -2.49. The van der Waals surface area contributed by atoms with E-state index in [-0.39, 0.29) is 17.4 Å². The number of piperazine rings is 1. The molecule has 1 aliphatic rings. The lowest BCUT2D eigenvalue weighted by atomic mass is 10.2. The number of urea groups is 1. The van der Waals surface area contributed by atoms with E-state index in [1.807, 2.05) is 0 Å². The standard InChI is InChI=1S/C25H25FN6O4S/c1-35-20-7-6-18(13-21(20)36-2)27-24(34)31-10-8-30(9-11-31)15-19-14-22(33)32-25(28-19)37-23(29-32)16-4-3-5-17(26)12-16/h3-7,12-14H,8-11,15H2,1-2H3,(H,27,34). The van der Waals surface area contributed by atoms with E-state index in [0.717, 1.165) is 0 Å². The van der Waals surface area contributed by atoms with E-state index in [9.17, 15) is 14.0 Å². The first-order valence-electron chi connectivity index (χ1n) is 11.6. The number of methoxy groups -OCH3 is 2. The zero-order valence-corrected chi connectivity index (χ0v) is 21.1. The fourth-order valence-electron chi connectivity index (χ4n) is 4.13. The van der Waals surface area contributed by atoms with Gasteiger partial charge in [-0.25, -0.2) is 14.2 Å². The predicted molar refractivity (Wildman–Crippen MR) is 138 cm³/mol. The van der Waals surface area contributed by atoms with Crippen molar-refractivity contribution in [1.29, 1.82) is 0 Å². The topological polar surface area (TPSA) is 101 Å². The Bertz CT molecular complexity index is 1500. The maximum atomic E-state index is 13.6. The van der Waals surface area contributed by atoms with E-state index in [1.165, 1.54) is 34.1 Å². The number of anilines is 1. The molecule has 0 radical (unpaired) electrons. The van der Waals surface area contributed by atoms with Crippen molar-refractivity contribution in [2.24, 2.45) is 0 Å². The van der Waals surface area contributed by atoms with Gasteiger partial charge >= 0.3 is 6.03 Å². The number of benzene rings is 2. The third-order valence-electron chi connectivity index (χ3n) is 6.05.